The van der Waals surface area contributed by atoms with Crippen LogP contribution >= 0.6 is 27.3 Å². The van der Waals surface area contributed by atoms with Gasteiger partial charge in [-0.3, -0.25) is 0 Å². The highest BCUT2D eigenvalue weighted by atomic mass is 79.9. The van der Waals surface area contributed by atoms with E-state index in [0.717, 1.165) is 29.1 Å². The van der Waals surface area contributed by atoms with Crippen molar-refractivity contribution in [3.8, 4) is 5.88 Å². The first kappa shape index (κ1) is 12.6. The average molecular weight is 316 g/mol. The highest BCUT2D eigenvalue weighted by Crippen LogP contribution is 2.19. The van der Waals surface area contributed by atoms with Gasteiger partial charge in [0, 0.05) is 40.9 Å². The molecular weight excluding hydrogens is 302 g/mol. The third-order valence-electron chi connectivity index (χ3n) is 2.32. The number of thiophene rings is 1. The Kier molecular flexibility index (Phi) is 4.20. The minimum absolute atomic E-state index is 0.743. The van der Waals surface area contributed by atoms with Crippen LogP contribution < -0.4 is 10.1 Å². The molecule has 0 saturated carbocycles. The largest absolute Gasteiger partial charge is 0.481 e. The molecule has 2 heterocycles. The molecule has 0 saturated heterocycles. The lowest BCUT2D eigenvalue weighted by atomic mass is 10.4. The summed E-state index contributed by atoms with van der Waals surface area (Å²) in [7, 11) is 3.52. The molecule has 6 heteroatoms. The molecule has 92 valence electrons. The summed E-state index contributed by atoms with van der Waals surface area (Å²) < 4.78 is 8.03. The molecule has 1 N–H and O–H groups in total. The standard InChI is InChI=1S/C11H14BrN3OS/c1-15-11(16-2)4-9(14-15)5-13-6-10-3-8(12)7-17-10/h3-4,7,13H,5-6H2,1-2H3. The van der Waals surface area contributed by atoms with Crippen LogP contribution in [0.4, 0.5) is 0 Å². The number of hydrogen-bond donors (Lipinski definition) is 1. The van der Waals surface area contributed by atoms with Gasteiger partial charge in [-0.25, -0.2) is 4.68 Å². The zero-order chi connectivity index (χ0) is 12.3. The third-order valence-corrected chi connectivity index (χ3v) is 4.02. The van der Waals surface area contributed by atoms with Gasteiger partial charge in [0.15, 0.2) is 0 Å². The van der Waals surface area contributed by atoms with Crippen molar-refractivity contribution in [3.05, 3.63) is 32.6 Å². The van der Waals surface area contributed by atoms with E-state index in [4.69, 9.17) is 4.74 Å². The Bertz CT molecular complexity index is 495. The number of rotatable bonds is 5. The second kappa shape index (κ2) is 5.66. The number of aryl methyl sites for hydroxylation is 1. The first-order chi connectivity index (χ1) is 8.19. The fourth-order valence-corrected chi connectivity index (χ4v) is 2.97. The normalized spacial score (nSPS) is 10.8. The van der Waals surface area contributed by atoms with Gasteiger partial charge in [0.1, 0.15) is 0 Å². The van der Waals surface area contributed by atoms with Crippen LogP contribution in [0.3, 0.4) is 0 Å². The smallest absolute Gasteiger partial charge is 0.211 e. The third kappa shape index (κ3) is 3.31. The number of nitrogens with zero attached hydrogens (tertiary/aromatic N) is 2. The van der Waals surface area contributed by atoms with E-state index in [1.807, 2.05) is 13.1 Å². The van der Waals surface area contributed by atoms with E-state index in [0.29, 0.717) is 0 Å². The lowest BCUT2D eigenvalue weighted by molar-refractivity contribution is 0.373. The van der Waals surface area contributed by atoms with Gasteiger partial charge >= 0.3 is 0 Å². The van der Waals surface area contributed by atoms with Gasteiger partial charge in [-0.05, 0) is 22.0 Å². The van der Waals surface area contributed by atoms with Crippen molar-refractivity contribution < 1.29 is 4.74 Å². The van der Waals surface area contributed by atoms with Gasteiger partial charge in [-0.2, -0.15) is 5.10 Å². The second-order valence-corrected chi connectivity index (χ2v) is 5.55. The number of nitrogens with one attached hydrogen (secondary N) is 1. The number of hydrogen-bond acceptors (Lipinski definition) is 4. The van der Waals surface area contributed by atoms with E-state index in [1.165, 1.54) is 4.88 Å². The fraction of sp³-hybridized carbons (Fsp3) is 0.364. The van der Waals surface area contributed by atoms with Crippen LogP contribution in [0.2, 0.25) is 0 Å². The average Bonchev–Trinajstić information content (AvgIpc) is 2.85. The Balaban J connectivity index is 1.85. The first-order valence-corrected chi connectivity index (χ1v) is 6.87. The highest BCUT2D eigenvalue weighted by Gasteiger charge is 2.04. The van der Waals surface area contributed by atoms with Crippen molar-refractivity contribution in [1.29, 1.82) is 0 Å². The molecule has 0 aliphatic rings. The summed E-state index contributed by atoms with van der Waals surface area (Å²) in [6, 6.07) is 4.06. The Hall–Kier alpha value is -0.850. The number of aromatic nitrogens is 2. The van der Waals surface area contributed by atoms with Crippen LogP contribution in [-0.2, 0) is 20.1 Å². The SMILES string of the molecule is COc1cc(CNCc2cc(Br)cs2)nn1C. The van der Waals surface area contributed by atoms with E-state index in [-0.39, 0.29) is 0 Å². The summed E-state index contributed by atoms with van der Waals surface area (Å²) in [6.45, 7) is 1.60. The summed E-state index contributed by atoms with van der Waals surface area (Å²) >= 11 is 5.18. The predicted molar refractivity (Wildman–Crippen MR) is 72.3 cm³/mol. The molecule has 0 spiro atoms. The molecule has 2 aromatic rings. The molecule has 0 aromatic carbocycles. The van der Waals surface area contributed by atoms with Crippen molar-refractivity contribution in [2.45, 2.75) is 13.1 Å². The quantitative estimate of drug-likeness (QED) is 0.921. The van der Waals surface area contributed by atoms with Crippen molar-refractivity contribution in [3.63, 3.8) is 0 Å². The topological polar surface area (TPSA) is 39.1 Å². The lowest BCUT2D eigenvalue weighted by Crippen LogP contribution is -2.12. The number of halogens is 1. The van der Waals surface area contributed by atoms with E-state index in [9.17, 15) is 0 Å². The van der Waals surface area contributed by atoms with E-state index < -0.39 is 0 Å². The van der Waals surface area contributed by atoms with Crippen LogP contribution in [-0.4, -0.2) is 16.9 Å². The monoisotopic (exact) mass is 315 g/mol. The van der Waals surface area contributed by atoms with Gasteiger partial charge in [-0.15, -0.1) is 11.3 Å². The minimum atomic E-state index is 0.743. The molecule has 0 aliphatic heterocycles. The van der Waals surface area contributed by atoms with Crippen LogP contribution in [0.5, 0.6) is 5.88 Å². The Morgan fingerprint density at radius 2 is 2.29 bits per heavy atom. The molecule has 2 aromatic heterocycles. The van der Waals surface area contributed by atoms with Crippen LogP contribution in [0.25, 0.3) is 0 Å². The molecule has 0 amide bonds. The van der Waals surface area contributed by atoms with E-state index in [2.05, 4.69) is 37.8 Å². The van der Waals surface area contributed by atoms with Crippen molar-refractivity contribution in [1.82, 2.24) is 15.1 Å². The first-order valence-electron chi connectivity index (χ1n) is 5.19. The summed E-state index contributed by atoms with van der Waals surface area (Å²) in [5.41, 5.74) is 0.986. The van der Waals surface area contributed by atoms with Crippen molar-refractivity contribution >= 4 is 27.3 Å². The molecule has 2 rings (SSSR count). The Labute approximate surface area is 113 Å². The van der Waals surface area contributed by atoms with Crippen LogP contribution in [0.1, 0.15) is 10.6 Å². The maximum atomic E-state index is 5.16. The van der Waals surface area contributed by atoms with Gasteiger partial charge < -0.3 is 10.1 Å². The fourth-order valence-electron chi connectivity index (χ4n) is 1.54. The van der Waals surface area contributed by atoms with E-state index in [1.54, 1.807) is 23.1 Å². The van der Waals surface area contributed by atoms with Crippen molar-refractivity contribution in [2.24, 2.45) is 7.05 Å². The molecule has 0 bridgehead atoms. The molecule has 0 aliphatic carbocycles. The predicted octanol–water partition coefficient (Wildman–Crippen LogP) is 2.54. The molecule has 4 nitrogen and oxygen atoms in total. The molecule has 17 heavy (non-hydrogen) atoms. The number of methoxy groups -OCH3 is 1. The maximum absolute atomic E-state index is 5.16. The zero-order valence-corrected chi connectivity index (χ0v) is 12.1. The zero-order valence-electron chi connectivity index (χ0n) is 9.74. The molecular formula is C11H14BrN3OS. The van der Waals surface area contributed by atoms with Crippen LogP contribution in [0.15, 0.2) is 22.0 Å². The second-order valence-electron chi connectivity index (χ2n) is 3.64. The van der Waals surface area contributed by atoms with Crippen molar-refractivity contribution in [2.75, 3.05) is 7.11 Å². The van der Waals surface area contributed by atoms with Gasteiger partial charge in [-0.1, -0.05) is 0 Å². The summed E-state index contributed by atoms with van der Waals surface area (Å²) in [5, 5.41) is 9.78. The highest BCUT2D eigenvalue weighted by molar-refractivity contribution is 9.10. The Morgan fingerprint density at radius 3 is 2.88 bits per heavy atom. The van der Waals surface area contributed by atoms with Gasteiger partial charge in [0.2, 0.25) is 5.88 Å². The molecule has 0 fully saturated rings. The number of ether oxygens (including phenoxy) is 1. The van der Waals surface area contributed by atoms with Crippen LogP contribution in [0, 0.1) is 0 Å². The summed E-state index contributed by atoms with van der Waals surface area (Å²) in [6.07, 6.45) is 0. The van der Waals surface area contributed by atoms with E-state index >= 15 is 0 Å². The minimum Gasteiger partial charge on any atom is -0.481 e. The maximum Gasteiger partial charge on any atom is 0.211 e. The molecule has 0 radical (unpaired) electrons. The van der Waals surface area contributed by atoms with Gasteiger partial charge in [0.05, 0.1) is 12.8 Å². The Morgan fingerprint density at radius 1 is 1.47 bits per heavy atom. The molecule has 0 unspecified atom stereocenters. The van der Waals surface area contributed by atoms with Gasteiger partial charge in [0.25, 0.3) is 0 Å². The lowest BCUT2D eigenvalue weighted by Gasteiger charge is -1.99. The summed E-state index contributed by atoms with van der Waals surface area (Å²) in [4.78, 5) is 1.31. The molecule has 0 atom stereocenters. The summed E-state index contributed by atoms with van der Waals surface area (Å²) in [5.74, 6) is 0.778.